The molecule has 0 amide bonds. The highest BCUT2D eigenvalue weighted by molar-refractivity contribution is 7.89. The number of sulfonamides is 1. The predicted octanol–water partition coefficient (Wildman–Crippen LogP) is 1.27. The highest BCUT2D eigenvalue weighted by Gasteiger charge is 2.34. The second-order valence-corrected chi connectivity index (χ2v) is 7.46. The summed E-state index contributed by atoms with van der Waals surface area (Å²) in [5.41, 5.74) is 0.546. The number of non-ortho nitro benzene ring substituents is 1. The predicted molar refractivity (Wildman–Crippen MR) is 90.6 cm³/mol. The van der Waals surface area contributed by atoms with Gasteiger partial charge in [-0.3, -0.25) is 10.1 Å². The van der Waals surface area contributed by atoms with Gasteiger partial charge in [-0.25, -0.2) is 28.3 Å². The van der Waals surface area contributed by atoms with Crippen LogP contribution in [-0.4, -0.2) is 34.5 Å². The number of benzene rings is 1. The summed E-state index contributed by atoms with van der Waals surface area (Å²) >= 11 is 0. The molecule has 26 heavy (non-hydrogen) atoms. The molecule has 1 aromatic carbocycles. The molecule has 0 aliphatic rings. The molecule has 0 bridgehead atoms. The van der Waals surface area contributed by atoms with Crippen LogP contribution in [0.3, 0.4) is 0 Å². The topological polar surface area (TPSA) is 155 Å². The minimum Gasteiger partial charge on any atom is -0.449 e. The van der Waals surface area contributed by atoms with Gasteiger partial charge >= 0.3 is 5.97 Å². The molecule has 0 unspecified atom stereocenters. The summed E-state index contributed by atoms with van der Waals surface area (Å²) in [7, 11) is -4.05. The van der Waals surface area contributed by atoms with Crippen molar-refractivity contribution in [1.82, 2.24) is 9.97 Å². The van der Waals surface area contributed by atoms with E-state index in [0.717, 1.165) is 17.7 Å². The van der Waals surface area contributed by atoms with Crippen LogP contribution in [0.4, 0.5) is 5.69 Å². The average molecular weight is 380 g/mol. The van der Waals surface area contributed by atoms with Gasteiger partial charge < -0.3 is 4.74 Å². The Bertz CT molecular complexity index is 912. The maximum Gasteiger partial charge on any atom is 0.338 e. The highest BCUT2D eigenvalue weighted by atomic mass is 32.2. The van der Waals surface area contributed by atoms with E-state index in [9.17, 15) is 23.3 Å². The zero-order valence-electron chi connectivity index (χ0n) is 13.9. The van der Waals surface area contributed by atoms with E-state index < -0.39 is 32.3 Å². The third-order valence-corrected chi connectivity index (χ3v) is 4.83. The van der Waals surface area contributed by atoms with Crippen molar-refractivity contribution in [2.75, 3.05) is 0 Å². The highest BCUT2D eigenvalue weighted by Crippen LogP contribution is 2.24. The van der Waals surface area contributed by atoms with Crippen molar-refractivity contribution in [2.45, 2.75) is 25.2 Å². The van der Waals surface area contributed by atoms with E-state index in [1.807, 2.05) is 0 Å². The number of nitrogens with zero attached hydrogens (tertiary/aromatic N) is 3. The maximum absolute atomic E-state index is 12.3. The van der Waals surface area contributed by atoms with Gasteiger partial charge in [0.1, 0.15) is 5.25 Å². The number of carbonyl (C=O) groups excluding carboxylic acids is 1. The number of carbonyl (C=O) groups is 1. The lowest BCUT2D eigenvalue weighted by Gasteiger charge is -2.21. The van der Waals surface area contributed by atoms with Crippen molar-refractivity contribution in [3.05, 3.63) is 63.7 Å². The van der Waals surface area contributed by atoms with Gasteiger partial charge in [0.2, 0.25) is 10.0 Å². The number of nitro benzene ring substituents is 1. The van der Waals surface area contributed by atoms with E-state index >= 15 is 0 Å². The number of nitro groups is 1. The molecule has 0 saturated carbocycles. The summed E-state index contributed by atoms with van der Waals surface area (Å²) in [6.45, 7) is 3.01. The van der Waals surface area contributed by atoms with Crippen LogP contribution in [0.15, 0.2) is 36.7 Å². The number of aromatic nitrogens is 2. The van der Waals surface area contributed by atoms with Crippen molar-refractivity contribution in [2.24, 2.45) is 5.14 Å². The molecule has 0 aliphatic heterocycles. The first-order valence-electron chi connectivity index (χ1n) is 7.35. The van der Waals surface area contributed by atoms with Gasteiger partial charge in [0.05, 0.1) is 10.5 Å². The van der Waals surface area contributed by atoms with Crippen LogP contribution < -0.4 is 5.14 Å². The Morgan fingerprint density at radius 3 is 2.23 bits per heavy atom. The molecular weight excluding hydrogens is 364 g/mol. The lowest BCUT2D eigenvalue weighted by atomic mass is 10.2. The van der Waals surface area contributed by atoms with Crippen molar-refractivity contribution in [3.8, 4) is 0 Å². The summed E-state index contributed by atoms with van der Waals surface area (Å²) in [5, 5.41) is 14.5. The largest absolute Gasteiger partial charge is 0.449 e. The van der Waals surface area contributed by atoms with Gasteiger partial charge in [-0.2, -0.15) is 0 Å². The normalized spacial score (nSPS) is 13.7. The molecule has 10 nitrogen and oxygen atoms in total. The molecule has 0 radical (unpaired) electrons. The molecule has 0 saturated heterocycles. The second kappa shape index (κ2) is 7.54. The molecule has 0 fully saturated rings. The summed E-state index contributed by atoms with van der Waals surface area (Å²) in [6.07, 6.45) is 1.56. The number of nitrogens with two attached hydrogens (primary N) is 1. The monoisotopic (exact) mass is 380 g/mol. The number of esters is 1. The van der Waals surface area contributed by atoms with E-state index in [2.05, 4.69) is 9.97 Å². The Balaban J connectivity index is 2.32. The van der Waals surface area contributed by atoms with Crippen LogP contribution in [0.2, 0.25) is 0 Å². The quantitative estimate of drug-likeness (QED) is 0.446. The van der Waals surface area contributed by atoms with Crippen LogP contribution >= 0.6 is 0 Å². The van der Waals surface area contributed by atoms with E-state index in [4.69, 9.17) is 9.88 Å². The molecule has 0 aliphatic carbocycles. The number of ether oxygens (including phenoxy) is 1. The summed E-state index contributed by atoms with van der Waals surface area (Å²) in [6, 6.07) is 4.68. The van der Waals surface area contributed by atoms with Gasteiger partial charge in [0.25, 0.3) is 5.69 Å². The summed E-state index contributed by atoms with van der Waals surface area (Å²) in [4.78, 5) is 30.4. The van der Waals surface area contributed by atoms with Crippen molar-refractivity contribution in [3.63, 3.8) is 0 Å². The second-order valence-electron chi connectivity index (χ2n) is 5.54. The molecule has 138 valence electrons. The Morgan fingerprint density at radius 1 is 1.23 bits per heavy atom. The first-order chi connectivity index (χ1) is 12.1. The molecule has 0 spiro atoms. The minimum atomic E-state index is -4.05. The van der Waals surface area contributed by atoms with E-state index in [1.165, 1.54) is 31.5 Å². The zero-order chi connectivity index (χ0) is 19.5. The van der Waals surface area contributed by atoms with Gasteiger partial charge in [0, 0.05) is 24.5 Å². The fourth-order valence-corrected chi connectivity index (χ4v) is 2.50. The molecule has 1 heterocycles. The molecule has 1 aromatic heterocycles. The Labute approximate surface area is 149 Å². The molecule has 2 aromatic rings. The fourth-order valence-electron chi connectivity index (χ4n) is 1.98. The van der Waals surface area contributed by atoms with Crippen LogP contribution in [0.5, 0.6) is 0 Å². The first-order valence-corrected chi connectivity index (χ1v) is 8.96. The summed E-state index contributed by atoms with van der Waals surface area (Å²) < 4.78 is 28.7. The fraction of sp³-hybridized carbons (Fsp3) is 0.267. The maximum atomic E-state index is 12.3. The first kappa shape index (κ1) is 19.4. The van der Waals surface area contributed by atoms with Gasteiger partial charge in [-0.1, -0.05) is 0 Å². The Kier molecular flexibility index (Phi) is 5.63. The molecule has 2 N–H and O–H groups in total. The van der Waals surface area contributed by atoms with Gasteiger partial charge in [-0.15, -0.1) is 0 Å². The third kappa shape index (κ3) is 4.58. The van der Waals surface area contributed by atoms with Crippen LogP contribution in [0.1, 0.15) is 34.8 Å². The van der Waals surface area contributed by atoms with Crippen molar-refractivity contribution < 1.29 is 22.9 Å². The van der Waals surface area contributed by atoms with Crippen molar-refractivity contribution >= 4 is 21.7 Å². The molecule has 2 rings (SSSR count). The molecular formula is C15H16N4O6S. The van der Waals surface area contributed by atoms with Crippen LogP contribution in [-0.2, 0) is 14.8 Å². The molecule has 2 atom stereocenters. The lowest BCUT2D eigenvalue weighted by molar-refractivity contribution is -0.384. The standard InChI is InChI=1S/C15H16N4O6S/c1-9-7-17-14(18-8-9)13(10(2)26(16,23)24)25-15(20)11-3-5-12(6-4-11)19(21)22/h3-8,10,13H,1-2H3,(H2,16,23,24)/t10-,13-/m0/s1. The minimum absolute atomic E-state index is 0.00864. The number of hydrogen-bond donors (Lipinski definition) is 1. The van der Waals surface area contributed by atoms with E-state index in [0.29, 0.717) is 0 Å². The van der Waals surface area contributed by atoms with Crippen LogP contribution in [0.25, 0.3) is 0 Å². The Morgan fingerprint density at radius 2 is 1.77 bits per heavy atom. The smallest absolute Gasteiger partial charge is 0.338 e. The number of hydrogen-bond acceptors (Lipinski definition) is 8. The SMILES string of the molecule is Cc1cnc([C@@H](OC(=O)c2ccc([N+](=O)[O-])cc2)[C@H](C)S(N)(=O)=O)nc1. The summed E-state index contributed by atoms with van der Waals surface area (Å²) in [5.74, 6) is -0.906. The van der Waals surface area contributed by atoms with Crippen LogP contribution in [0, 0.1) is 17.0 Å². The zero-order valence-corrected chi connectivity index (χ0v) is 14.7. The lowest BCUT2D eigenvalue weighted by Crippen LogP contribution is -2.34. The van der Waals surface area contributed by atoms with E-state index in [1.54, 1.807) is 6.92 Å². The van der Waals surface area contributed by atoms with E-state index in [-0.39, 0.29) is 17.1 Å². The number of aryl methyl sites for hydroxylation is 1. The Hall–Kier alpha value is -2.92. The van der Waals surface area contributed by atoms with Gasteiger partial charge in [0.15, 0.2) is 11.9 Å². The number of primary sulfonamides is 1. The number of rotatable bonds is 6. The average Bonchev–Trinajstić information content (AvgIpc) is 2.59. The van der Waals surface area contributed by atoms with Gasteiger partial charge in [-0.05, 0) is 31.5 Å². The van der Waals surface area contributed by atoms with Crippen molar-refractivity contribution in [1.29, 1.82) is 0 Å². The molecule has 11 heteroatoms. The third-order valence-electron chi connectivity index (χ3n) is 3.55.